The smallest absolute Gasteiger partial charge is 0.181 e. The van der Waals surface area contributed by atoms with Crippen LogP contribution in [0.25, 0.3) is 0 Å². The van der Waals surface area contributed by atoms with Crippen LogP contribution in [0.4, 0.5) is 0 Å². The van der Waals surface area contributed by atoms with Crippen molar-refractivity contribution in [2.24, 2.45) is 34.5 Å². The normalized spacial score (nSPS) is 48.2. The Bertz CT molecular complexity index is 1070. The second kappa shape index (κ2) is 9.59. The number of hydrogen-bond acceptors (Lipinski definition) is 7. The molecule has 0 bridgehead atoms. The molecule has 0 aromatic rings. The van der Waals surface area contributed by atoms with E-state index in [4.69, 9.17) is 14.2 Å². The van der Waals surface area contributed by atoms with Crippen LogP contribution in [0.5, 0.6) is 0 Å². The van der Waals surface area contributed by atoms with Gasteiger partial charge in [0.1, 0.15) is 0 Å². The first-order valence-corrected chi connectivity index (χ1v) is 15.6. The van der Waals surface area contributed by atoms with E-state index in [0.717, 1.165) is 50.8 Å². The molecule has 9 atom stereocenters. The van der Waals surface area contributed by atoms with Crippen molar-refractivity contribution >= 4 is 11.6 Å². The van der Waals surface area contributed by atoms with E-state index in [2.05, 4.69) is 24.8 Å². The van der Waals surface area contributed by atoms with Crippen LogP contribution in [0.3, 0.4) is 0 Å². The third-order valence-corrected chi connectivity index (χ3v) is 12.2. The molecule has 7 aliphatic rings. The van der Waals surface area contributed by atoms with Gasteiger partial charge in [-0.2, -0.15) is 0 Å². The first-order chi connectivity index (χ1) is 18.8. The highest BCUT2D eigenvalue weighted by Gasteiger charge is 2.76. The lowest BCUT2D eigenvalue weighted by atomic mass is 9.46. The molecule has 2 heterocycles. The minimum Gasteiger partial charge on any atom is -0.393 e. The number of morpholine rings is 1. The number of nitrogens with zero attached hydrogens (tertiary/aromatic N) is 1. The maximum absolute atomic E-state index is 14.6. The van der Waals surface area contributed by atoms with E-state index in [9.17, 15) is 14.7 Å². The number of carbonyl (C=O) groups excluding carboxylic acids is 2. The summed E-state index contributed by atoms with van der Waals surface area (Å²) < 4.78 is 19.4. The molecule has 0 radical (unpaired) electrons. The van der Waals surface area contributed by atoms with Crippen molar-refractivity contribution in [2.75, 3.05) is 32.8 Å². The average molecular weight is 540 g/mol. The first-order valence-electron chi connectivity index (χ1n) is 15.6. The Hall–Kier alpha value is -1.38. The third kappa shape index (κ3) is 3.86. The van der Waals surface area contributed by atoms with Gasteiger partial charge in [-0.15, -0.1) is 0 Å². The minimum absolute atomic E-state index is 0.0271. The Morgan fingerprint density at radius 1 is 1.13 bits per heavy atom. The molecule has 7 rings (SSSR count). The number of rotatable bonds is 4. The van der Waals surface area contributed by atoms with Crippen molar-refractivity contribution < 1.29 is 28.9 Å². The Morgan fingerprint density at radius 2 is 1.90 bits per heavy atom. The summed E-state index contributed by atoms with van der Waals surface area (Å²) in [5.74, 6) is 1.02. The van der Waals surface area contributed by atoms with Crippen molar-refractivity contribution in [1.82, 2.24) is 4.90 Å². The fourth-order valence-electron chi connectivity index (χ4n) is 10.3. The van der Waals surface area contributed by atoms with Crippen LogP contribution in [0, 0.1) is 34.5 Å². The SMILES string of the molecule is CC12C=CC(=O)C=C1CC[C@@H]1[C@@H]2[C@@H](O)C[C@@]2(C)[C@H]1C[C@H]1O[C@@H](C3CCCCC3)O[C@]12C(=O)CN1CCOCC1. The molecule has 2 aliphatic heterocycles. The van der Waals surface area contributed by atoms with Gasteiger partial charge in [-0.05, 0) is 62.5 Å². The van der Waals surface area contributed by atoms with Crippen LogP contribution < -0.4 is 0 Å². The maximum atomic E-state index is 14.6. The third-order valence-electron chi connectivity index (χ3n) is 12.2. The number of ether oxygens (including phenoxy) is 3. The zero-order valence-corrected chi connectivity index (χ0v) is 23.6. The number of allylic oxidation sites excluding steroid dienone is 4. The lowest BCUT2D eigenvalue weighted by Gasteiger charge is -2.60. The molecule has 0 aromatic heterocycles. The van der Waals surface area contributed by atoms with Gasteiger partial charge in [-0.1, -0.05) is 44.8 Å². The summed E-state index contributed by atoms with van der Waals surface area (Å²) >= 11 is 0. The highest BCUT2D eigenvalue weighted by Crippen LogP contribution is 2.70. The Morgan fingerprint density at radius 3 is 2.67 bits per heavy atom. The molecule has 5 aliphatic carbocycles. The monoisotopic (exact) mass is 539 g/mol. The van der Waals surface area contributed by atoms with Crippen LogP contribution in [-0.4, -0.2) is 78.5 Å². The van der Waals surface area contributed by atoms with Crippen molar-refractivity contribution in [1.29, 1.82) is 0 Å². The fourth-order valence-corrected chi connectivity index (χ4v) is 10.3. The summed E-state index contributed by atoms with van der Waals surface area (Å²) in [7, 11) is 0. The highest BCUT2D eigenvalue weighted by atomic mass is 16.7. The zero-order valence-electron chi connectivity index (χ0n) is 23.6. The van der Waals surface area contributed by atoms with E-state index in [1.165, 1.54) is 19.3 Å². The van der Waals surface area contributed by atoms with Gasteiger partial charge in [-0.25, -0.2) is 0 Å². The van der Waals surface area contributed by atoms with Crippen molar-refractivity contribution in [2.45, 2.75) is 95.7 Å². The predicted molar refractivity (Wildman–Crippen MR) is 145 cm³/mol. The Labute approximate surface area is 232 Å². The van der Waals surface area contributed by atoms with E-state index in [-0.39, 0.29) is 47.1 Å². The van der Waals surface area contributed by atoms with Crippen LogP contribution in [0.15, 0.2) is 23.8 Å². The number of hydrogen-bond donors (Lipinski definition) is 1. The van der Waals surface area contributed by atoms with Gasteiger partial charge in [0.25, 0.3) is 0 Å². The molecule has 7 heteroatoms. The summed E-state index contributed by atoms with van der Waals surface area (Å²) in [4.78, 5) is 29.0. The van der Waals surface area contributed by atoms with E-state index < -0.39 is 17.1 Å². The summed E-state index contributed by atoms with van der Waals surface area (Å²) in [5.41, 5.74) is -0.705. The average Bonchev–Trinajstić information content (AvgIpc) is 3.43. The van der Waals surface area contributed by atoms with Crippen LogP contribution in [0.2, 0.25) is 0 Å². The van der Waals surface area contributed by atoms with E-state index >= 15 is 0 Å². The lowest BCUT2D eigenvalue weighted by Crippen LogP contribution is -2.64. The summed E-state index contributed by atoms with van der Waals surface area (Å²) in [5, 5.41) is 12.0. The summed E-state index contributed by atoms with van der Waals surface area (Å²) in [6.07, 6.45) is 13.3. The van der Waals surface area contributed by atoms with E-state index in [0.29, 0.717) is 32.1 Å². The van der Waals surface area contributed by atoms with Gasteiger partial charge in [0.05, 0.1) is 32.0 Å². The van der Waals surface area contributed by atoms with Crippen molar-refractivity contribution in [3.8, 4) is 0 Å². The molecule has 1 unspecified atom stereocenters. The van der Waals surface area contributed by atoms with Gasteiger partial charge in [0, 0.05) is 35.8 Å². The molecule has 4 saturated carbocycles. The molecule has 39 heavy (non-hydrogen) atoms. The van der Waals surface area contributed by atoms with Crippen LogP contribution in [-0.2, 0) is 23.8 Å². The highest BCUT2D eigenvalue weighted by molar-refractivity contribution is 6.01. The summed E-state index contributed by atoms with van der Waals surface area (Å²) in [6.45, 7) is 7.59. The molecule has 0 aromatic carbocycles. The molecular weight excluding hydrogens is 494 g/mol. The molecule has 0 spiro atoms. The first kappa shape index (κ1) is 26.5. The van der Waals surface area contributed by atoms with Gasteiger partial charge in [0.15, 0.2) is 23.5 Å². The molecule has 1 N–H and O–H groups in total. The standard InChI is InChI=1S/C32H45NO6/c1-30-11-10-22(34)16-21(30)8-9-23-24-17-27-32(31(24,2)18-25(35)28(23)30,26(36)19-33-12-14-37-15-13-33)39-29(38-27)20-6-4-3-5-7-20/h10-11,16,20,23-25,27-29,35H,3-9,12-15,17-19H2,1-2H3/t23-,24-,25-,27+,28+,29+,30?,31-,32+/m0/s1. The Balaban J connectivity index is 1.24. The second-order valence-electron chi connectivity index (χ2n) is 14.0. The number of aliphatic hydroxyl groups is 1. The number of Topliss-reactive ketones (excluding diaryl/α,β-unsaturated/α-hetero) is 1. The molecule has 214 valence electrons. The number of carbonyl (C=O) groups is 2. The Kier molecular flexibility index (Phi) is 6.52. The number of fused-ring (bicyclic) bond motifs is 7. The number of aliphatic hydroxyl groups excluding tert-OH is 1. The van der Waals surface area contributed by atoms with Gasteiger partial charge in [-0.3, -0.25) is 14.5 Å². The fraction of sp³-hybridized carbons (Fsp3) is 0.812. The van der Waals surface area contributed by atoms with Gasteiger partial charge in [0.2, 0.25) is 0 Å². The molecule has 2 saturated heterocycles. The maximum Gasteiger partial charge on any atom is 0.181 e. The van der Waals surface area contributed by atoms with E-state index in [1.54, 1.807) is 12.2 Å². The molecule has 0 amide bonds. The lowest BCUT2D eigenvalue weighted by molar-refractivity contribution is -0.209. The summed E-state index contributed by atoms with van der Waals surface area (Å²) in [6, 6.07) is 0. The van der Waals surface area contributed by atoms with Gasteiger partial charge >= 0.3 is 0 Å². The van der Waals surface area contributed by atoms with Gasteiger partial charge < -0.3 is 19.3 Å². The molecule has 7 nitrogen and oxygen atoms in total. The molecule has 6 fully saturated rings. The minimum atomic E-state index is -1.03. The van der Waals surface area contributed by atoms with E-state index in [1.807, 2.05) is 0 Å². The molecular formula is C32H45NO6. The largest absolute Gasteiger partial charge is 0.393 e. The van der Waals surface area contributed by atoms with Crippen LogP contribution >= 0.6 is 0 Å². The quantitative estimate of drug-likeness (QED) is 0.581. The van der Waals surface area contributed by atoms with Crippen molar-refractivity contribution in [3.05, 3.63) is 23.8 Å². The topological polar surface area (TPSA) is 85.3 Å². The van der Waals surface area contributed by atoms with Crippen LogP contribution in [0.1, 0.15) is 71.6 Å². The predicted octanol–water partition coefficient (Wildman–Crippen LogP) is 3.84. The number of ketones is 2. The second-order valence-corrected chi connectivity index (χ2v) is 14.0. The zero-order chi connectivity index (χ0) is 27.0. The van der Waals surface area contributed by atoms with Crippen molar-refractivity contribution in [3.63, 3.8) is 0 Å².